The molecule has 3 nitrogen and oxygen atoms in total. The van der Waals surface area contributed by atoms with Crippen molar-refractivity contribution >= 4 is 5.78 Å². The van der Waals surface area contributed by atoms with Crippen LogP contribution in [0.15, 0.2) is 23.5 Å². The fourth-order valence-electron chi connectivity index (χ4n) is 3.62. The molecule has 1 unspecified atom stereocenters. The molecule has 1 rings (SSSR count). The van der Waals surface area contributed by atoms with Crippen molar-refractivity contribution in [3.63, 3.8) is 0 Å². The van der Waals surface area contributed by atoms with E-state index < -0.39 is 6.10 Å². The molecule has 1 aliphatic rings. The van der Waals surface area contributed by atoms with Crippen molar-refractivity contribution in [3.8, 4) is 0 Å². The largest absolute Gasteiger partial charge is 0.508 e. The Balaban J connectivity index is 1.87. The molecular weight excluding hydrogens is 324 g/mol. The van der Waals surface area contributed by atoms with Crippen LogP contribution >= 0.6 is 0 Å². The van der Waals surface area contributed by atoms with Crippen LogP contribution in [0.25, 0.3) is 0 Å². The molecule has 0 aromatic carbocycles. The van der Waals surface area contributed by atoms with Gasteiger partial charge in [0.2, 0.25) is 0 Å². The van der Waals surface area contributed by atoms with E-state index in [1.54, 1.807) is 0 Å². The number of ketones is 1. The molecule has 26 heavy (non-hydrogen) atoms. The number of hydrogen-bond donors (Lipinski definition) is 2. The van der Waals surface area contributed by atoms with Gasteiger partial charge in [-0.15, -0.1) is 0 Å². The third-order valence-electron chi connectivity index (χ3n) is 5.38. The number of rotatable bonds is 16. The van der Waals surface area contributed by atoms with Crippen molar-refractivity contribution in [2.24, 2.45) is 0 Å². The molecular formula is C23H40O3. The number of unbranched alkanes of at least 4 members (excludes halogenated alkanes) is 14. The highest BCUT2D eigenvalue weighted by Crippen LogP contribution is 2.22. The molecule has 0 aromatic heterocycles. The molecule has 1 aliphatic carbocycles. The van der Waals surface area contributed by atoms with Crippen molar-refractivity contribution in [1.82, 2.24) is 0 Å². The molecule has 2 N–H and O–H groups in total. The number of carbonyl (C=O) groups excluding carboxylic acids is 1. The summed E-state index contributed by atoms with van der Waals surface area (Å²) >= 11 is 0. The van der Waals surface area contributed by atoms with E-state index in [9.17, 15) is 15.0 Å². The average molecular weight is 365 g/mol. The number of hydrogen-bond acceptors (Lipinski definition) is 3. The van der Waals surface area contributed by atoms with Crippen LogP contribution < -0.4 is 0 Å². The summed E-state index contributed by atoms with van der Waals surface area (Å²) in [5, 5.41) is 19.6. The normalized spacial score (nSPS) is 17.3. The highest BCUT2D eigenvalue weighted by molar-refractivity contribution is 5.97. The first-order valence-electron chi connectivity index (χ1n) is 11.0. The Bertz CT molecular complexity index is 437. The lowest BCUT2D eigenvalue weighted by Crippen LogP contribution is -2.24. The zero-order chi connectivity index (χ0) is 19.0. The van der Waals surface area contributed by atoms with Gasteiger partial charge in [-0.3, -0.25) is 4.79 Å². The van der Waals surface area contributed by atoms with Gasteiger partial charge in [-0.2, -0.15) is 0 Å². The van der Waals surface area contributed by atoms with Crippen LogP contribution in [0.5, 0.6) is 0 Å². The van der Waals surface area contributed by atoms with Gasteiger partial charge in [-0.25, -0.2) is 0 Å². The van der Waals surface area contributed by atoms with E-state index >= 15 is 0 Å². The lowest BCUT2D eigenvalue weighted by molar-refractivity contribution is -0.121. The molecule has 0 aromatic rings. The summed E-state index contributed by atoms with van der Waals surface area (Å²) in [5.74, 6) is -0.249. The molecule has 0 bridgehead atoms. The fourth-order valence-corrected chi connectivity index (χ4v) is 3.62. The highest BCUT2D eigenvalue weighted by atomic mass is 16.3. The Hall–Kier alpha value is -1.09. The van der Waals surface area contributed by atoms with E-state index in [0.29, 0.717) is 12.0 Å². The smallest absolute Gasteiger partial charge is 0.188 e. The fraction of sp³-hybridized carbons (Fsp3) is 0.783. The van der Waals surface area contributed by atoms with Crippen LogP contribution in [0.4, 0.5) is 0 Å². The van der Waals surface area contributed by atoms with Crippen LogP contribution in [0.3, 0.4) is 0 Å². The maximum absolute atomic E-state index is 11.4. The van der Waals surface area contributed by atoms with Gasteiger partial charge >= 0.3 is 0 Å². The van der Waals surface area contributed by atoms with E-state index in [1.165, 1.54) is 95.6 Å². The van der Waals surface area contributed by atoms with Crippen LogP contribution in [-0.2, 0) is 4.79 Å². The molecule has 0 aliphatic heterocycles. The quantitative estimate of drug-likeness (QED) is 0.305. The summed E-state index contributed by atoms with van der Waals surface area (Å²) < 4.78 is 0. The first-order chi connectivity index (χ1) is 12.7. The average Bonchev–Trinajstić information content (AvgIpc) is 2.64. The molecule has 0 fully saturated rings. The molecule has 1 atom stereocenters. The van der Waals surface area contributed by atoms with Gasteiger partial charge in [0.25, 0.3) is 0 Å². The third kappa shape index (κ3) is 10.2. The van der Waals surface area contributed by atoms with Gasteiger partial charge in [0.15, 0.2) is 5.78 Å². The lowest BCUT2D eigenvalue weighted by Gasteiger charge is -2.17. The minimum atomic E-state index is -1.13. The van der Waals surface area contributed by atoms with Crippen LogP contribution in [0.2, 0.25) is 0 Å². The third-order valence-corrected chi connectivity index (χ3v) is 5.38. The van der Waals surface area contributed by atoms with Crippen molar-refractivity contribution in [1.29, 1.82) is 0 Å². The molecule has 0 heterocycles. The Morgan fingerprint density at radius 3 is 1.62 bits per heavy atom. The van der Waals surface area contributed by atoms with Crippen LogP contribution in [0, 0.1) is 0 Å². The predicted molar refractivity (Wildman–Crippen MR) is 109 cm³/mol. The molecule has 150 valence electrons. The van der Waals surface area contributed by atoms with Crippen molar-refractivity contribution in [2.75, 3.05) is 0 Å². The number of aliphatic hydroxyl groups excluding tert-OH is 2. The van der Waals surface area contributed by atoms with Gasteiger partial charge in [0.1, 0.15) is 11.9 Å². The molecule has 0 spiro atoms. The standard InChI is InChI=1S/C23H40O3/c1-2-3-4-5-6-7-8-9-10-11-12-13-14-15-16-17-20-21(24)18-19-22(25)23(20)26/h18-19,23-24,26H,2-17H2,1H3. The minimum Gasteiger partial charge on any atom is -0.508 e. The second-order valence-corrected chi connectivity index (χ2v) is 7.75. The van der Waals surface area contributed by atoms with E-state index in [4.69, 9.17) is 0 Å². The summed E-state index contributed by atoms with van der Waals surface area (Å²) in [6, 6.07) is 0. The Morgan fingerprint density at radius 2 is 1.15 bits per heavy atom. The van der Waals surface area contributed by atoms with Gasteiger partial charge in [-0.05, 0) is 25.0 Å². The SMILES string of the molecule is CCCCCCCCCCCCCCCCCC1=C(O)C=CC(=O)C1O. The van der Waals surface area contributed by atoms with Gasteiger partial charge in [0, 0.05) is 5.57 Å². The topological polar surface area (TPSA) is 57.5 Å². The molecule has 0 radical (unpaired) electrons. The van der Waals surface area contributed by atoms with Crippen LogP contribution in [-0.4, -0.2) is 22.1 Å². The first-order valence-corrected chi connectivity index (χ1v) is 11.0. The zero-order valence-electron chi connectivity index (χ0n) is 16.8. The number of aliphatic hydroxyl groups is 2. The second kappa shape index (κ2) is 15.0. The van der Waals surface area contributed by atoms with Gasteiger partial charge < -0.3 is 10.2 Å². The predicted octanol–water partition coefficient (Wildman–Crippen LogP) is 6.56. The maximum atomic E-state index is 11.4. The highest BCUT2D eigenvalue weighted by Gasteiger charge is 2.23. The van der Waals surface area contributed by atoms with Crippen molar-refractivity contribution < 1.29 is 15.0 Å². The van der Waals surface area contributed by atoms with E-state index in [-0.39, 0.29) is 11.5 Å². The molecule has 0 saturated heterocycles. The van der Waals surface area contributed by atoms with Crippen LogP contribution in [0.1, 0.15) is 110 Å². The zero-order valence-corrected chi connectivity index (χ0v) is 16.8. The monoisotopic (exact) mass is 364 g/mol. The number of carbonyl (C=O) groups is 1. The van der Waals surface area contributed by atoms with Gasteiger partial charge in [-0.1, -0.05) is 96.8 Å². The summed E-state index contributed by atoms with van der Waals surface area (Å²) in [5.41, 5.74) is 0.493. The van der Waals surface area contributed by atoms with E-state index in [0.717, 1.165) is 12.8 Å². The number of allylic oxidation sites excluding steroid dienone is 1. The Morgan fingerprint density at radius 1 is 0.731 bits per heavy atom. The molecule has 0 amide bonds. The maximum Gasteiger partial charge on any atom is 0.188 e. The summed E-state index contributed by atoms with van der Waals surface area (Å²) in [4.78, 5) is 11.4. The van der Waals surface area contributed by atoms with Crippen molar-refractivity contribution in [3.05, 3.63) is 23.5 Å². The second-order valence-electron chi connectivity index (χ2n) is 7.75. The Labute approximate surface area is 160 Å². The molecule has 3 heteroatoms. The Kier molecular flexibility index (Phi) is 13.3. The molecule has 0 saturated carbocycles. The lowest BCUT2D eigenvalue weighted by atomic mass is 9.94. The summed E-state index contributed by atoms with van der Waals surface area (Å²) in [7, 11) is 0. The summed E-state index contributed by atoms with van der Waals surface area (Å²) in [6.07, 6.45) is 21.8. The first kappa shape index (κ1) is 23.0. The minimum absolute atomic E-state index is 0.0717. The van der Waals surface area contributed by atoms with Gasteiger partial charge in [0.05, 0.1) is 0 Å². The summed E-state index contributed by atoms with van der Waals surface area (Å²) in [6.45, 7) is 2.27. The van der Waals surface area contributed by atoms with Crippen molar-refractivity contribution in [2.45, 2.75) is 116 Å². The van der Waals surface area contributed by atoms with E-state index in [2.05, 4.69) is 6.92 Å². The van der Waals surface area contributed by atoms with E-state index in [1.807, 2.05) is 0 Å².